The number of aromatic nitrogens is 3. The molecule has 0 radical (unpaired) electrons. The number of benzene rings is 1. The van der Waals surface area contributed by atoms with Crippen LogP contribution in [0.15, 0.2) is 48.7 Å². The van der Waals surface area contributed by atoms with E-state index in [1.165, 1.54) is 17.8 Å². The molecular weight excluding hydrogens is 481 g/mol. The van der Waals surface area contributed by atoms with Gasteiger partial charge in [0.05, 0.1) is 24.5 Å². The van der Waals surface area contributed by atoms with Crippen LogP contribution in [0.3, 0.4) is 0 Å². The Morgan fingerprint density at radius 1 is 0.973 bits per heavy atom. The fourth-order valence-electron chi connectivity index (χ4n) is 4.93. The number of anilines is 3. The molecule has 1 aromatic carbocycles. The van der Waals surface area contributed by atoms with Crippen LogP contribution in [0.5, 0.6) is 0 Å². The number of rotatable bonds is 5. The van der Waals surface area contributed by atoms with Crippen LogP contribution in [0.4, 0.5) is 30.8 Å². The highest BCUT2D eigenvalue weighted by atomic mass is 19.4. The summed E-state index contributed by atoms with van der Waals surface area (Å²) in [5.41, 5.74) is 2.38. The number of ether oxygens (including phenoxy) is 1. The molecule has 2 aliphatic rings. The molecule has 0 unspecified atom stereocenters. The van der Waals surface area contributed by atoms with Gasteiger partial charge in [0.15, 0.2) is 0 Å². The lowest BCUT2D eigenvalue weighted by atomic mass is 10.1. The molecule has 0 bridgehead atoms. The zero-order valence-corrected chi connectivity index (χ0v) is 21.1. The number of piperazine rings is 1. The molecule has 7 nitrogen and oxygen atoms in total. The van der Waals surface area contributed by atoms with E-state index in [4.69, 9.17) is 14.7 Å². The van der Waals surface area contributed by atoms with E-state index in [9.17, 15) is 13.2 Å². The van der Waals surface area contributed by atoms with Crippen LogP contribution in [-0.4, -0.2) is 66.9 Å². The van der Waals surface area contributed by atoms with E-state index >= 15 is 0 Å². The highest BCUT2D eigenvalue weighted by molar-refractivity contribution is 5.66. The molecule has 1 atom stereocenters. The molecule has 10 heteroatoms. The van der Waals surface area contributed by atoms with Crippen molar-refractivity contribution in [3.8, 4) is 11.3 Å². The van der Waals surface area contributed by atoms with Crippen molar-refractivity contribution in [3.05, 3.63) is 59.8 Å². The number of hydrogen-bond acceptors (Lipinski definition) is 7. The van der Waals surface area contributed by atoms with E-state index < -0.39 is 11.7 Å². The molecule has 0 spiro atoms. The minimum atomic E-state index is -4.45. The summed E-state index contributed by atoms with van der Waals surface area (Å²) in [6.45, 7) is 8.11. The van der Waals surface area contributed by atoms with Crippen molar-refractivity contribution >= 4 is 17.6 Å². The molecule has 2 fully saturated rings. The van der Waals surface area contributed by atoms with Crippen LogP contribution < -0.4 is 14.7 Å². The van der Waals surface area contributed by atoms with E-state index in [1.807, 2.05) is 19.1 Å². The maximum atomic E-state index is 13.6. The Morgan fingerprint density at radius 3 is 2.51 bits per heavy atom. The number of hydrogen-bond donors (Lipinski definition) is 0. The summed E-state index contributed by atoms with van der Waals surface area (Å²) < 4.78 is 46.4. The predicted octanol–water partition coefficient (Wildman–Crippen LogP) is 4.67. The minimum Gasteiger partial charge on any atom is -0.378 e. The van der Waals surface area contributed by atoms with Gasteiger partial charge in [-0.1, -0.05) is 25.1 Å². The minimum absolute atomic E-state index is 0.0183. The molecule has 5 rings (SSSR count). The van der Waals surface area contributed by atoms with Gasteiger partial charge in [-0.05, 0) is 37.1 Å². The SMILES string of the molecule is CCc1cccc(-c2cc(N3CCN(c4ncccc4C(F)(F)F)C[C@H]3C)nc(N3CCOCC3)n2)c1. The van der Waals surface area contributed by atoms with Crippen molar-refractivity contribution in [3.63, 3.8) is 0 Å². The van der Waals surface area contributed by atoms with Gasteiger partial charge in [0.1, 0.15) is 11.6 Å². The van der Waals surface area contributed by atoms with Gasteiger partial charge in [-0.3, -0.25) is 0 Å². The first kappa shape index (κ1) is 25.3. The van der Waals surface area contributed by atoms with Gasteiger partial charge in [0, 0.05) is 56.6 Å². The van der Waals surface area contributed by atoms with Gasteiger partial charge >= 0.3 is 6.18 Å². The number of aryl methyl sites for hydroxylation is 1. The zero-order valence-electron chi connectivity index (χ0n) is 21.1. The molecule has 2 saturated heterocycles. The highest BCUT2D eigenvalue weighted by Gasteiger charge is 2.37. The molecule has 0 amide bonds. The molecule has 2 aliphatic heterocycles. The van der Waals surface area contributed by atoms with Gasteiger partial charge < -0.3 is 19.4 Å². The Balaban J connectivity index is 1.46. The maximum absolute atomic E-state index is 13.6. The monoisotopic (exact) mass is 512 g/mol. The number of nitrogens with zero attached hydrogens (tertiary/aromatic N) is 6. The summed E-state index contributed by atoms with van der Waals surface area (Å²) in [5.74, 6) is 1.41. The lowest BCUT2D eigenvalue weighted by molar-refractivity contribution is -0.137. The summed E-state index contributed by atoms with van der Waals surface area (Å²) in [7, 11) is 0. The Kier molecular flexibility index (Phi) is 7.19. The van der Waals surface area contributed by atoms with Gasteiger partial charge in [-0.15, -0.1) is 0 Å². The molecule has 196 valence electrons. The number of pyridine rings is 1. The highest BCUT2D eigenvalue weighted by Crippen LogP contribution is 2.36. The second-order valence-corrected chi connectivity index (χ2v) is 9.43. The Morgan fingerprint density at radius 2 is 1.78 bits per heavy atom. The van der Waals surface area contributed by atoms with Crippen LogP contribution in [0.1, 0.15) is 25.0 Å². The largest absolute Gasteiger partial charge is 0.419 e. The fourth-order valence-corrected chi connectivity index (χ4v) is 4.93. The summed E-state index contributed by atoms with van der Waals surface area (Å²) >= 11 is 0. The molecule has 0 saturated carbocycles. The summed E-state index contributed by atoms with van der Waals surface area (Å²) in [4.78, 5) is 19.9. The predicted molar refractivity (Wildman–Crippen MR) is 138 cm³/mol. The first-order valence-electron chi connectivity index (χ1n) is 12.7. The lowest BCUT2D eigenvalue weighted by Crippen LogP contribution is -2.53. The van der Waals surface area contributed by atoms with Crippen molar-refractivity contribution in [2.45, 2.75) is 32.5 Å². The first-order valence-corrected chi connectivity index (χ1v) is 12.7. The second-order valence-electron chi connectivity index (χ2n) is 9.43. The van der Waals surface area contributed by atoms with Gasteiger partial charge in [-0.25, -0.2) is 9.97 Å². The average Bonchev–Trinajstić information content (AvgIpc) is 2.93. The molecule has 37 heavy (non-hydrogen) atoms. The second kappa shape index (κ2) is 10.5. The number of morpholine rings is 1. The van der Waals surface area contributed by atoms with E-state index in [-0.39, 0.29) is 11.9 Å². The molecule has 2 aromatic heterocycles. The average molecular weight is 513 g/mol. The Labute approximate surface area is 214 Å². The quantitative estimate of drug-likeness (QED) is 0.492. The molecule has 0 N–H and O–H groups in total. The molecular formula is C27H31F3N6O. The van der Waals surface area contributed by atoms with E-state index in [0.717, 1.165) is 29.6 Å². The third-order valence-corrected chi connectivity index (χ3v) is 6.94. The first-order chi connectivity index (χ1) is 17.8. The van der Waals surface area contributed by atoms with Gasteiger partial charge in [0.2, 0.25) is 5.95 Å². The number of alkyl halides is 3. The van der Waals surface area contributed by atoms with Crippen molar-refractivity contribution in [1.82, 2.24) is 15.0 Å². The third-order valence-electron chi connectivity index (χ3n) is 6.94. The summed E-state index contributed by atoms with van der Waals surface area (Å²) in [5, 5.41) is 0. The van der Waals surface area contributed by atoms with Crippen LogP contribution >= 0.6 is 0 Å². The normalized spacial score (nSPS) is 18.8. The van der Waals surface area contributed by atoms with E-state index in [1.54, 1.807) is 4.90 Å². The van der Waals surface area contributed by atoms with Crippen molar-refractivity contribution in [2.75, 3.05) is 60.6 Å². The standard InChI is InChI=1S/C27H31F3N6O/c1-3-20-6-4-7-21(16-20)23-17-24(33-26(32-23)34-12-14-37-15-13-34)36-11-10-35(18-19(36)2)25-22(27(28,29)30)8-5-9-31-25/h4-9,16-17,19H,3,10-15,18H2,1-2H3/t19-/m1/s1. The lowest BCUT2D eigenvalue weighted by Gasteiger charge is -2.42. The van der Waals surface area contributed by atoms with Crippen LogP contribution in [0.25, 0.3) is 11.3 Å². The number of halogens is 3. The zero-order chi connectivity index (χ0) is 26.0. The third kappa shape index (κ3) is 5.49. The van der Waals surface area contributed by atoms with Crippen molar-refractivity contribution in [2.24, 2.45) is 0 Å². The summed E-state index contributed by atoms with van der Waals surface area (Å²) in [6, 6.07) is 12.7. The fraction of sp³-hybridized carbons (Fsp3) is 0.444. The van der Waals surface area contributed by atoms with Crippen molar-refractivity contribution in [1.29, 1.82) is 0 Å². The Hall–Kier alpha value is -3.40. The van der Waals surface area contributed by atoms with Crippen LogP contribution in [0, 0.1) is 0 Å². The van der Waals surface area contributed by atoms with E-state index in [0.29, 0.717) is 51.9 Å². The van der Waals surface area contributed by atoms with Gasteiger partial charge in [0.25, 0.3) is 0 Å². The van der Waals surface area contributed by atoms with Gasteiger partial charge in [-0.2, -0.15) is 18.2 Å². The smallest absolute Gasteiger partial charge is 0.378 e. The molecule has 4 heterocycles. The van der Waals surface area contributed by atoms with Crippen LogP contribution in [0.2, 0.25) is 0 Å². The topological polar surface area (TPSA) is 57.6 Å². The van der Waals surface area contributed by atoms with Crippen molar-refractivity contribution < 1.29 is 17.9 Å². The Bertz CT molecular complexity index is 1230. The maximum Gasteiger partial charge on any atom is 0.419 e. The summed E-state index contributed by atoms with van der Waals surface area (Å²) in [6.07, 6.45) is -2.11. The van der Waals surface area contributed by atoms with Crippen LogP contribution in [-0.2, 0) is 17.3 Å². The molecule has 3 aromatic rings. The molecule has 0 aliphatic carbocycles. The van der Waals surface area contributed by atoms with E-state index in [2.05, 4.69) is 39.9 Å².